The van der Waals surface area contributed by atoms with E-state index in [1.54, 1.807) is 0 Å². The molecule has 0 aliphatic rings. The van der Waals surface area contributed by atoms with E-state index in [4.69, 9.17) is 17.2 Å². The Morgan fingerprint density at radius 1 is 0.250 bits per heavy atom. The number of hydrogen-bond acceptors (Lipinski definition) is 15. The highest BCUT2D eigenvalue weighted by molar-refractivity contribution is 5.30. The Morgan fingerprint density at radius 2 is 0.417 bits per heavy atom. The van der Waals surface area contributed by atoms with Crippen LogP contribution in [-0.2, 0) is 19.6 Å². The zero-order chi connectivity index (χ0) is 34.4. The molecule has 0 aromatic heterocycles. The largest absolute Gasteiger partial charge is 0.329 e. The maximum atomic E-state index is 5.50. The summed E-state index contributed by atoms with van der Waals surface area (Å²) in [6.07, 6.45) is 0. The summed E-state index contributed by atoms with van der Waals surface area (Å²) in [7, 11) is 0. The van der Waals surface area contributed by atoms with Crippen LogP contribution in [0.3, 0.4) is 0 Å². The summed E-state index contributed by atoms with van der Waals surface area (Å²) in [5.74, 6) is 0. The molecule has 282 valence electrons. The number of nitrogens with one attached hydrogen (secondary N) is 12. The lowest BCUT2D eigenvalue weighted by Gasteiger charge is -2.13. The van der Waals surface area contributed by atoms with Crippen LogP contribution in [0.25, 0.3) is 0 Å². The molecule has 0 fully saturated rings. The molecular formula is C33H75N15. The summed E-state index contributed by atoms with van der Waals surface area (Å²) in [6, 6.07) is 6.99. The maximum absolute atomic E-state index is 5.50. The van der Waals surface area contributed by atoms with E-state index >= 15 is 0 Å². The smallest absolute Gasteiger partial charge is 0.0206 e. The van der Waals surface area contributed by atoms with E-state index < -0.39 is 0 Å². The molecule has 0 saturated heterocycles. The van der Waals surface area contributed by atoms with Gasteiger partial charge in [-0.2, -0.15) is 0 Å². The van der Waals surface area contributed by atoms with Crippen LogP contribution in [0.5, 0.6) is 0 Å². The molecule has 0 aliphatic carbocycles. The molecule has 1 rings (SSSR count). The van der Waals surface area contributed by atoms with Gasteiger partial charge in [-0.25, -0.2) is 0 Å². The Hall–Kier alpha value is -1.38. The van der Waals surface area contributed by atoms with Crippen molar-refractivity contribution in [2.75, 3.05) is 157 Å². The van der Waals surface area contributed by atoms with Crippen LogP contribution in [0, 0.1) is 0 Å². The normalized spacial score (nSPS) is 11.6. The van der Waals surface area contributed by atoms with Gasteiger partial charge < -0.3 is 81.0 Å². The van der Waals surface area contributed by atoms with Crippen molar-refractivity contribution in [3.8, 4) is 0 Å². The lowest BCUT2D eigenvalue weighted by Crippen LogP contribution is -2.36. The first-order chi connectivity index (χ1) is 23.8. The average molecular weight is 682 g/mol. The minimum atomic E-state index is 0.686. The van der Waals surface area contributed by atoms with E-state index in [0.717, 1.165) is 157 Å². The summed E-state index contributed by atoms with van der Waals surface area (Å²) in [4.78, 5) is 0. The first-order valence-corrected chi connectivity index (χ1v) is 18.5. The molecule has 0 spiro atoms. The second-order valence-electron chi connectivity index (χ2n) is 11.8. The van der Waals surface area contributed by atoms with Crippen molar-refractivity contribution >= 4 is 0 Å². The monoisotopic (exact) mass is 682 g/mol. The second kappa shape index (κ2) is 36.9. The first-order valence-electron chi connectivity index (χ1n) is 18.5. The van der Waals surface area contributed by atoms with Gasteiger partial charge in [0.15, 0.2) is 0 Å². The first kappa shape index (κ1) is 44.6. The number of rotatable bonds is 39. The standard InChI is InChI=1S/C33H75N15/c34-1-4-37-7-10-40-13-16-43-19-22-46-28-31-25-32(29-47-23-20-44-17-14-41-11-8-38-5-2-35)27-33(26-31)30-48-24-21-45-18-15-42-12-9-39-6-3-36/h25-27,37-48H,1-24,28-30,34-36H2. The van der Waals surface area contributed by atoms with Gasteiger partial charge in [0, 0.05) is 177 Å². The quantitative estimate of drug-likeness (QED) is 0.0293. The van der Waals surface area contributed by atoms with Gasteiger partial charge in [-0.1, -0.05) is 18.2 Å². The van der Waals surface area contributed by atoms with E-state index in [1.807, 2.05) is 0 Å². The van der Waals surface area contributed by atoms with Crippen molar-refractivity contribution in [3.63, 3.8) is 0 Å². The molecule has 1 aromatic rings. The summed E-state index contributed by atoms with van der Waals surface area (Å²) >= 11 is 0. The Labute approximate surface area is 292 Å². The summed E-state index contributed by atoms with van der Waals surface area (Å²) in [6.45, 7) is 24.5. The molecule has 0 bridgehead atoms. The van der Waals surface area contributed by atoms with Crippen molar-refractivity contribution < 1.29 is 0 Å². The average Bonchev–Trinajstić information content (AvgIpc) is 3.09. The third kappa shape index (κ3) is 30.7. The Kier molecular flexibility index (Phi) is 34.3. The SMILES string of the molecule is NCCNCCNCCNCCNCc1cc(CNCCNCCNCCNCCN)cc(CNCCNCCNCCNCCN)c1. The minimum Gasteiger partial charge on any atom is -0.329 e. The van der Waals surface area contributed by atoms with E-state index in [0.29, 0.717) is 19.6 Å². The van der Waals surface area contributed by atoms with E-state index in [1.165, 1.54) is 16.7 Å². The van der Waals surface area contributed by atoms with Gasteiger partial charge in [0.05, 0.1) is 0 Å². The molecule has 0 saturated carbocycles. The number of benzene rings is 1. The van der Waals surface area contributed by atoms with Crippen LogP contribution in [0.4, 0.5) is 0 Å². The second-order valence-corrected chi connectivity index (χ2v) is 11.8. The topological polar surface area (TPSA) is 222 Å². The minimum absolute atomic E-state index is 0.686. The van der Waals surface area contributed by atoms with Crippen LogP contribution < -0.4 is 81.0 Å². The van der Waals surface area contributed by atoms with Crippen molar-refractivity contribution in [2.45, 2.75) is 19.6 Å². The molecule has 0 radical (unpaired) electrons. The molecule has 0 amide bonds. The van der Waals surface area contributed by atoms with Crippen molar-refractivity contribution in [1.29, 1.82) is 0 Å². The number of nitrogens with two attached hydrogens (primary N) is 3. The van der Waals surface area contributed by atoms with Gasteiger partial charge in [-0.15, -0.1) is 0 Å². The highest BCUT2D eigenvalue weighted by Crippen LogP contribution is 2.11. The highest BCUT2D eigenvalue weighted by atomic mass is 15.0. The van der Waals surface area contributed by atoms with Crippen LogP contribution >= 0.6 is 0 Å². The third-order valence-electron chi connectivity index (χ3n) is 7.37. The Bertz CT molecular complexity index is 677. The lowest BCUT2D eigenvalue weighted by atomic mass is 10.0. The van der Waals surface area contributed by atoms with Gasteiger partial charge in [0.2, 0.25) is 0 Å². The molecule has 15 nitrogen and oxygen atoms in total. The fourth-order valence-electron chi connectivity index (χ4n) is 4.87. The van der Waals surface area contributed by atoms with Crippen LogP contribution in [0.2, 0.25) is 0 Å². The van der Waals surface area contributed by atoms with Crippen LogP contribution in [-0.4, -0.2) is 157 Å². The number of hydrogen-bond donors (Lipinski definition) is 15. The molecule has 0 aliphatic heterocycles. The molecule has 0 heterocycles. The zero-order valence-electron chi connectivity index (χ0n) is 30.1. The Balaban J connectivity index is 2.32. The lowest BCUT2D eigenvalue weighted by molar-refractivity contribution is 0.564. The molecule has 15 heteroatoms. The Morgan fingerprint density at radius 3 is 0.604 bits per heavy atom. The van der Waals surface area contributed by atoms with E-state index in [9.17, 15) is 0 Å². The van der Waals surface area contributed by atoms with Gasteiger partial charge in [0.1, 0.15) is 0 Å². The van der Waals surface area contributed by atoms with Crippen molar-refractivity contribution in [1.82, 2.24) is 63.8 Å². The third-order valence-corrected chi connectivity index (χ3v) is 7.37. The van der Waals surface area contributed by atoms with Gasteiger partial charge in [-0.05, 0) is 16.7 Å². The molecule has 0 atom stereocenters. The molecule has 1 aromatic carbocycles. The molecular weight excluding hydrogens is 606 g/mol. The predicted molar refractivity (Wildman–Crippen MR) is 205 cm³/mol. The van der Waals surface area contributed by atoms with Crippen LogP contribution in [0.1, 0.15) is 16.7 Å². The zero-order valence-corrected chi connectivity index (χ0v) is 30.1. The van der Waals surface area contributed by atoms with Gasteiger partial charge in [-0.3, -0.25) is 0 Å². The summed E-state index contributed by atoms with van der Waals surface area (Å²) in [5.41, 5.74) is 20.5. The fraction of sp³-hybridized carbons (Fsp3) is 0.818. The predicted octanol–water partition coefficient (Wildman–Crippen LogP) is -4.86. The van der Waals surface area contributed by atoms with Crippen LogP contribution in [0.15, 0.2) is 18.2 Å². The van der Waals surface area contributed by atoms with E-state index in [2.05, 4.69) is 82.0 Å². The molecule has 18 N–H and O–H groups in total. The molecule has 0 unspecified atom stereocenters. The maximum Gasteiger partial charge on any atom is 0.0206 e. The van der Waals surface area contributed by atoms with Crippen molar-refractivity contribution in [2.24, 2.45) is 17.2 Å². The summed E-state index contributed by atoms with van der Waals surface area (Å²) in [5, 5.41) is 41.6. The highest BCUT2D eigenvalue weighted by Gasteiger charge is 2.03. The molecule has 48 heavy (non-hydrogen) atoms. The van der Waals surface area contributed by atoms with Gasteiger partial charge >= 0.3 is 0 Å². The summed E-state index contributed by atoms with van der Waals surface area (Å²) < 4.78 is 0. The fourth-order valence-corrected chi connectivity index (χ4v) is 4.87. The van der Waals surface area contributed by atoms with Crippen molar-refractivity contribution in [3.05, 3.63) is 34.9 Å². The van der Waals surface area contributed by atoms with E-state index in [-0.39, 0.29) is 0 Å². The van der Waals surface area contributed by atoms with Gasteiger partial charge in [0.25, 0.3) is 0 Å².